The normalized spacial score (nSPS) is 10.5. The molecule has 0 aliphatic rings. The third kappa shape index (κ3) is 4.96. The van der Waals surface area contributed by atoms with Gasteiger partial charge in [0.1, 0.15) is 0 Å². The van der Waals surface area contributed by atoms with Crippen molar-refractivity contribution in [1.29, 1.82) is 0 Å². The summed E-state index contributed by atoms with van der Waals surface area (Å²) in [5, 5.41) is 0. The van der Waals surface area contributed by atoms with Crippen molar-refractivity contribution in [3.05, 3.63) is 143 Å². The van der Waals surface area contributed by atoms with Gasteiger partial charge in [-0.2, -0.15) is 0 Å². The van der Waals surface area contributed by atoms with Crippen LogP contribution in [0.15, 0.2) is 115 Å². The molecule has 0 atom stereocenters. The highest BCUT2D eigenvalue weighted by molar-refractivity contribution is 6.15. The zero-order valence-electron chi connectivity index (χ0n) is 17.1. The fourth-order valence-corrected chi connectivity index (χ4v) is 3.59. The van der Waals surface area contributed by atoms with Gasteiger partial charge in [0.05, 0.1) is 5.56 Å². The van der Waals surface area contributed by atoms with Gasteiger partial charge in [0, 0.05) is 24.2 Å². The zero-order chi connectivity index (χ0) is 21.5. The summed E-state index contributed by atoms with van der Waals surface area (Å²) in [6.45, 7) is 0.921. The summed E-state index contributed by atoms with van der Waals surface area (Å²) in [6, 6.07) is 35.9. The molecular weight excluding hydrogens is 382 g/mol. The largest absolute Gasteiger partial charge is 0.330 e. The van der Waals surface area contributed by atoms with Crippen LogP contribution in [-0.2, 0) is 13.1 Å². The molecule has 0 radical (unpaired) electrons. The van der Waals surface area contributed by atoms with Gasteiger partial charge in [-0.1, -0.05) is 109 Å². The van der Waals surface area contributed by atoms with Crippen LogP contribution in [0, 0.1) is 0 Å². The van der Waals surface area contributed by atoms with Crippen LogP contribution in [0.3, 0.4) is 0 Å². The molecule has 0 unspecified atom stereocenters. The molecule has 152 valence electrons. The summed E-state index contributed by atoms with van der Waals surface area (Å²) in [4.78, 5) is 28.6. The van der Waals surface area contributed by atoms with E-state index >= 15 is 0 Å². The van der Waals surface area contributed by atoms with Crippen molar-refractivity contribution < 1.29 is 9.59 Å². The molecule has 0 spiro atoms. The molecule has 3 nitrogen and oxygen atoms in total. The molecule has 4 aromatic rings. The molecule has 1 amide bonds. The highest BCUT2D eigenvalue weighted by Crippen LogP contribution is 2.20. The fraction of sp³-hybridized carbons (Fsp3) is 0.0714. The van der Waals surface area contributed by atoms with Gasteiger partial charge in [-0.3, -0.25) is 9.59 Å². The number of nitrogens with zero attached hydrogens (tertiary/aromatic N) is 1. The fourth-order valence-electron chi connectivity index (χ4n) is 3.59. The summed E-state index contributed by atoms with van der Waals surface area (Å²) in [7, 11) is 0. The van der Waals surface area contributed by atoms with Crippen LogP contribution < -0.4 is 0 Å². The predicted molar refractivity (Wildman–Crippen MR) is 123 cm³/mol. The van der Waals surface area contributed by atoms with Gasteiger partial charge in [0.25, 0.3) is 5.91 Å². The first-order chi connectivity index (χ1) is 15.2. The third-order valence-electron chi connectivity index (χ3n) is 5.16. The van der Waals surface area contributed by atoms with Crippen LogP contribution in [0.25, 0.3) is 0 Å². The Morgan fingerprint density at radius 1 is 0.516 bits per heavy atom. The van der Waals surface area contributed by atoms with Crippen LogP contribution in [0.5, 0.6) is 0 Å². The molecule has 0 aliphatic heterocycles. The molecule has 0 fully saturated rings. The molecule has 0 aliphatic carbocycles. The number of carbonyl (C=O) groups excluding carboxylic acids is 2. The predicted octanol–water partition coefficient (Wildman–Crippen LogP) is 5.76. The topological polar surface area (TPSA) is 37.4 Å². The molecule has 0 bridgehead atoms. The Hall–Kier alpha value is -3.98. The van der Waals surface area contributed by atoms with E-state index < -0.39 is 0 Å². The van der Waals surface area contributed by atoms with Crippen LogP contribution in [0.4, 0.5) is 0 Å². The first kappa shape index (κ1) is 20.3. The zero-order valence-corrected chi connectivity index (χ0v) is 17.1. The summed E-state index contributed by atoms with van der Waals surface area (Å²) >= 11 is 0. The Morgan fingerprint density at radius 2 is 0.935 bits per heavy atom. The molecule has 0 aromatic heterocycles. The molecule has 0 heterocycles. The number of benzene rings is 4. The molecular formula is C28H23NO2. The van der Waals surface area contributed by atoms with Gasteiger partial charge in [-0.05, 0) is 17.2 Å². The quantitative estimate of drug-likeness (QED) is 0.367. The highest BCUT2D eigenvalue weighted by atomic mass is 16.2. The van der Waals surface area contributed by atoms with E-state index in [0.717, 1.165) is 11.1 Å². The van der Waals surface area contributed by atoms with Crippen molar-refractivity contribution in [3.63, 3.8) is 0 Å². The van der Waals surface area contributed by atoms with Crippen LogP contribution in [0.1, 0.15) is 37.4 Å². The van der Waals surface area contributed by atoms with Crippen LogP contribution in [-0.4, -0.2) is 16.6 Å². The lowest BCUT2D eigenvalue weighted by Gasteiger charge is -2.24. The van der Waals surface area contributed by atoms with E-state index in [1.54, 1.807) is 41.3 Å². The summed E-state index contributed by atoms with van der Waals surface area (Å²) < 4.78 is 0. The molecule has 0 saturated heterocycles. The van der Waals surface area contributed by atoms with E-state index in [-0.39, 0.29) is 11.7 Å². The monoisotopic (exact) mass is 405 g/mol. The average molecular weight is 405 g/mol. The van der Waals surface area contributed by atoms with E-state index in [0.29, 0.717) is 29.8 Å². The number of hydrogen-bond acceptors (Lipinski definition) is 2. The average Bonchev–Trinajstić information content (AvgIpc) is 2.84. The first-order valence-electron chi connectivity index (χ1n) is 10.3. The first-order valence-corrected chi connectivity index (χ1v) is 10.3. The maximum Gasteiger partial charge on any atom is 0.255 e. The summed E-state index contributed by atoms with van der Waals surface area (Å²) in [5.74, 6) is -0.309. The molecule has 0 N–H and O–H groups in total. The minimum Gasteiger partial charge on any atom is -0.330 e. The van der Waals surface area contributed by atoms with Crippen molar-refractivity contribution in [1.82, 2.24) is 4.90 Å². The minimum absolute atomic E-state index is 0.149. The lowest BCUT2D eigenvalue weighted by molar-refractivity contribution is 0.0726. The molecule has 4 rings (SSSR count). The second-order valence-corrected chi connectivity index (χ2v) is 7.37. The van der Waals surface area contributed by atoms with Crippen LogP contribution >= 0.6 is 0 Å². The van der Waals surface area contributed by atoms with Crippen molar-refractivity contribution >= 4 is 11.7 Å². The van der Waals surface area contributed by atoms with Crippen molar-refractivity contribution in [2.45, 2.75) is 13.1 Å². The lowest BCUT2D eigenvalue weighted by atomic mass is 9.97. The Balaban J connectivity index is 1.69. The van der Waals surface area contributed by atoms with E-state index in [2.05, 4.69) is 0 Å². The summed E-state index contributed by atoms with van der Waals surface area (Å²) in [5.41, 5.74) is 3.49. The van der Waals surface area contributed by atoms with E-state index in [1.807, 2.05) is 78.9 Å². The number of hydrogen-bond donors (Lipinski definition) is 0. The maximum atomic E-state index is 13.7. The van der Waals surface area contributed by atoms with Gasteiger partial charge in [-0.25, -0.2) is 0 Å². The number of ketones is 1. The second-order valence-electron chi connectivity index (χ2n) is 7.37. The Morgan fingerprint density at radius 3 is 1.45 bits per heavy atom. The van der Waals surface area contributed by atoms with Gasteiger partial charge < -0.3 is 4.90 Å². The number of amides is 1. The number of rotatable bonds is 7. The standard InChI is InChI=1S/C28H23NO2/c30-27(24-16-8-3-9-17-24)25-18-10-11-19-26(25)28(31)29(20-22-12-4-1-5-13-22)21-23-14-6-2-7-15-23/h1-19H,20-21H2. The van der Waals surface area contributed by atoms with Gasteiger partial charge in [0.15, 0.2) is 5.78 Å². The minimum atomic E-state index is -0.160. The van der Waals surface area contributed by atoms with Gasteiger partial charge in [0.2, 0.25) is 0 Å². The van der Waals surface area contributed by atoms with E-state index in [9.17, 15) is 9.59 Å². The maximum absolute atomic E-state index is 13.7. The van der Waals surface area contributed by atoms with Gasteiger partial charge in [-0.15, -0.1) is 0 Å². The SMILES string of the molecule is O=C(c1ccccc1)c1ccccc1C(=O)N(Cc1ccccc1)Cc1ccccc1. The lowest BCUT2D eigenvalue weighted by Crippen LogP contribution is -2.31. The van der Waals surface area contributed by atoms with Crippen molar-refractivity contribution in [3.8, 4) is 0 Å². The van der Waals surface area contributed by atoms with Crippen molar-refractivity contribution in [2.75, 3.05) is 0 Å². The van der Waals surface area contributed by atoms with Crippen molar-refractivity contribution in [2.24, 2.45) is 0 Å². The molecule has 31 heavy (non-hydrogen) atoms. The van der Waals surface area contributed by atoms with Gasteiger partial charge >= 0.3 is 0 Å². The van der Waals surface area contributed by atoms with E-state index in [4.69, 9.17) is 0 Å². The Kier molecular flexibility index (Phi) is 6.34. The van der Waals surface area contributed by atoms with Crippen LogP contribution in [0.2, 0.25) is 0 Å². The third-order valence-corrected chi connectivity index (χ3v) is 5.16. The molecule has 3 heteroatoms. The smallest absolute Gasteiger partial charge is 0.255 e. The highest BCUT2D eigenvalue weighted by Gasteiger charge is 2.23. The van der Waals surface area contributed by atoms with E-state index in [1.165, 1.54) is 0 Å². The molecule has 4 aromatic carbocycles. The Bertz CT molecular complexity index is 1110. The molecule has 0 saturated carbocycles. The number of carbonyl (C=O) groups is 2. The second kappa shape index (κ2) is 9.68. The summed E-state index contributed by atoms with van der Waals surface area (Å²) in [6.07, 6.45) is 0. The Labute approximate surface area is 182 Å².